The van der Waals surface area contributed by atoms with Gasteiger partial charge in [-0.2, -0.15) is 0 Å². The molecule has 1 aromatic carbocycles. The van der Waals surface area contributed by atoms with Crippen molar-refractivity contribution in [2.45, 2.75) is 38.8 Å². The number of rotatable bonds is 4. The highest BCUT2D eigenvalue weighted by Gasteiger charge is 2.41. The molecule has 4 nitrogen and oxygen atoms in total. The van der Waals surface area contributed by atoms with Crippen LogP contribution in [-0.4, -0.2) is 35.3 Å². The van der Waals surface area contributed by atoms with Crippen LogP contribution in [0.25, 0.3) is 0 Å². The van der Waals surface area contributed by atoms with Gasteiger partial charge in [-0.05, 0) is 37.4 Å². The van der Waals surface area contributed by atoms with E-state index in [0.29, 0.717) is 12.3 Å². The second kappa shape index (κ2) is 7.04. The number of hydrogen-bond donors (Lipinski definition) is 0. The van der Waals surface area contributed by atoms with Crippen LogP contribution >= 0.6 is 0 Å². The SMILES string of the molecule is O=C1CC[C@@]2(CCCN(Cc3ccoc3)C2)CN1Cc1ccccc1. The van der Waals surface area contributed by atoms with Gasteiger partial charge in [-0.15, -0.1) is 0 Å². The van der Waals surface area contributed by atoms with Crippen molar-refractivity contribution in [3.8, 4) is 0 Å². The third kappa shape index (κ3) is 3.79. The summed E-state index contributed by atoms with van der Waals surface area (Å²) in [6.07, 6.45) is 7.74. The van der Waals surface area contributed by atoms with Crippen molar-refractivity contribution in [3.63, 3.8) is 0 Å². The number of likely N-dealkylation sites (tertiary alicyclic amines) is 2. The number of carbonyl (C=O) groups excluding carboxylic acids is 1. The summed E-state index contributed by atoms with van der Waals surface area (Å²) in [5.41, 5.74) is 2.72. The Morgan fingerprint density at radius 1 is 1.00 bits per heavy atom. The fourth-order valence-electron chi connectivity index (χ4n) is 4.47. The van der Waals surface area contributed by atoms with Crippen LogP contribution < -0.4 is 0 Å². The summed E-state index contributed by atoms with van der Waals surface area (Å²) >= 11 is 0. The molecule has 0 aliphatic carbocycles. The zero-order valence-electron chi connectivity index (χ0n) is 14.7. The van der Waals surface area contributed by atoms with Crippen molar-refractivity contribution in [1.29, 1.82) is 0 Å². The highest BCUT2D eigenvalue weighted by molar-refractivity contribution is 5.77. The van der Waals surface area contributed by atoms with Crippen molar-refractivity contribution in [3.05, 3.63) is 60.1 Å². The van der Waals surface area contributed by atoms with Crippen molar-refractivity contribution in [1.82, 2.24) is 9.80 Å². The molecule has 2 saturated heterocycles. The van der Waals surface area contributed by atoms with Crippen molar-refractivity contribution >= 4 is 5.91 Å². The number of carbonyl (C=O) groups is 1. The van der Waals surface area contributed by atoms with Gasteiger partial charge in [0.15, 0.2) is 0 Å². The van der Waals surface area contributed by atoms with Gasteiger partial charge in [-0.1, -0.05) is 30.3 Å². The molecule has 1 atom stereocenters. The van der Waals surface area contributed by atoms with Gasteiger partial charge in [-0.25, -0.2) is 0 Å². The first-order valence-electron chi connectivity index (χ1n) is 9.28. The number of piperidine rings is 2. The third-order valence-corrected chi connectivity index (χ3v) is 5.69. The van der Waals surface area contributed by atoms with Crippen LogP contribution in [0, 0.1) is 5.41 Å². The fraction of sp³-hybridized carbons (Fsp3) is 0.476. The van der Waals surface area contributed by atoms with E-state index in [1.165, 1.54) is 24.0 Å². The van der Waals surface area contributed by atoms with Gasteiger partial charge < -0.3 is 9.32 Å². The average Bonchev–Trinajstić information content (AvgIpc) is 3.13. The van der Waals surface area contributed by atoms with Gasteiger partial charge >= 0.3 is 0 Å². The van der Waals surface area contributed by atoms with E-state index in [1.54, 1.807) is 6.26 Å². The van der Waals surface area contributed by atoms with E-state index in [4.69, 9.17) is 4.42 Å². The number of furan rings is 1. The molecule has 1 aromatic heterocycles. The van der Waals surface area contributed by atoms with Crippen LogP contribution in [0.4, 0.5) is 0 Å². The number of amides is 1. The lowest BCUT2D eigenvalue weighted by atomic mass is 9.73. The molecule has 2 fully saturated rings. The Hall–Kier alpha value is -2.07. The first-order valence-corrected chi connectivity index (χ1v) is 9.28. The zero-order chi connectivity index (χ0) is 17.1. The van der Waals surface area contributed by atoms with Gasteiger partial charge in [0, 0.05) is 43.6 Å². The maximum absolute atomic E-state index is 12.5. The molecule has 0 saturated carbocycles. The van der Waals surface area contributed by atoms with Gasteiger partial charge in [0.05, 0.1) is 12.5 Å². The van der Waals surface area contributed by atoms with Crippen molar-refractivity contribution < 1.29 is 9.21 Å². The summed E-state index contributed by atoms with van der Waals surface area (Å²) in [7, 11) is 0. The standard InChI is InChI=1S/C21H26N2O2/c24-20-7-10-21(17-23(20)14-18-5-2-1-3-6-18)9-4-11-22(16-21)13-19-8-12-25-15-19/h1-3,5-6,8,12,15H,4,7,9-11,13-14,16-17H2/t21-/m1/s1. The zero-order valence-corrected chi connectivity index (χ0v) is 14.7. The monoisotopic (exact) mass is 338 g/mol. The molecule has 0 unspecified atom stereocenters. The van der Waals surface area contributed by atoms with E-state index < -0.39 is 0 Å². The molecule has 2 aliphatic rings. The lowest BCUT2D eigenvalue weighted by Crippen LogP contribution is -2.53. The van der Waals surface area contributed by atoms with E-state index >= 15 is 0 Å². The number of nitrogens with zero attached hydrogens (tertiary/aromatic N) is 2. The molecule has 0 N–H and O–H groups in total. The Kier molecular flexibility index (Phi) is 4.62. The Morgan fingerprint density at radius 2 is 1.88 bits per heavy atom. The lowest BCUT2D eigenvalue weighted by Gasteiger charge is -2.48. The molecule has 2 aromatic rings. The van der Waals surface area contributed by atoms with E-state index in [9.17, 15) is 4.79 Å². The lowest BCUT2D eigenvalue weighted by molar-refractivity contribution is -0.140. The van der Waals surface area contributed by atoms with Crippen LogP contribution in [0.3, 0.4) is 0 Å². The minimum Gasteiger partial charge on any atom is -0.472 e. The highest BCUT2D eigenvalue weighted by Crippen LogP contribution is 2.39. The van der Waals surface area contributed by atoms with Crippen molar-refractivity contribution in [2.75, 3.05) is 19.6 Å². The molecule has 0 bridgehead atoms. The maximum atomic E-state index is 12.5. The van der Waals surface area contributed by atoms with Gasteiger partial charge in [-0.3, -0.25) is 9.69 Å². The summed E-state index contributed by atoms with van der Waals surface area (Å²) in [4.78, 5) is 17.1. The molecular formula is C21H26N2O2. The van der Waals surface area contributed by atoms with Crippen LogP contribution in [0.2, 0.25) is 0 Å². The van der Waals surface area contributed by atoms with Gasteiger partial charge in [0.2, 0.25) is 5.91 Å². The summed E-state index contributed by atoms with van der Waals surface area (Å²) in [5, 5.41) is 0. The molecule has 1 spiro atoms. The summed E-state index contributed by atoms with van der Waals surface area (Å²) in [5.74, 6) is 0.307. The largest absolute Gasteiger partial charge is 0.472 e. The maximum Gasteiger partial charge on any atom is 0.222 e. The van der Waals surface area contributed by atoms with E-state index in [0.717, 1.165) is 39.1 Å². The minimum absolute atomic E-state index is 0.255. The quantitative estimate of drug-likeness (QED) is 0.853. The Balaban J connectivity index is 1.44. The molecule has 4 heteroatoms. The van der Waals surface area contributed by atoms with Crippen LogP contribution in [0.1, 0.15) is 36.8 Å². The molecule has 3 heterocycles. The number of hydrogen-bond acceptors (Lipinski definition) is 3. The Labute approximate surface area is 149 Å². The summed E-state index contributed by atoms with van der Waals surface area (Å²) in [6.45, 7) is 4.80. The number of benzene rings is 1. The topological polar surface area (TPSA) is 36.7 Å². The predicted molar refractivity (Wildman–Crippen MR) is 96.7 cm³/mol. The smallest absolute Gasteiger partial charge is 0.222 e. The van der Waals surface area contributed by atoms with Gasteiger partial charge in [0.1, 0.15) is 0 Å². The first-order chi connectivity index (χ1) is 12.2. The van der Waals surface area contributed by atoms with Crippen LogP contribution in [-0.2, 0) is 17.9 Å². The molecular weight excluding hydrogens is 312 g/mol. The average molecular weight is 338 g/mol. The summed E-state index contributed by atoms with van der Waals surface area (Å²) in [6, 6.07) is 12.4. The summed E-state index contributed by atoms with van der Waals surface area (Å²) < 4.78 is 5.21. The second-order valence-electron chi connectivity index (χ2n) is 7.68. The first kappa shape index (κ1) is 16.4. The van der Waals surface area contributed by atoms with E-state index in [1.807, 2.05) is 30.5 Å². The predicted octanol–water partition coefficient (Wildman–Crippen LogP) is 3.68. The van der Waals surface area contributed by atoms with E-state index in [-0.39, 0.29) is 5.41 Å². The van der Waals surface area contributed by atoms with Crippen molar-refractivity contribution in [2.24, 2.45) is 5.41 Å². The van der Waals surface area contributed by atoms with Crippen LogP contribution in [0.5, 0.6) is 0 Å². The minimum atomic E-state index is 0.255. The molecule has 2 aliphatic heterocycles. The Bertz CT molecular complexity index is 698. The van der Waals surface area contributed by atoms with Crippen LogP contribution in [0.15, 0.2) is 53.3 Å². The second-order valence-corrected chi connectivity index (χ2v) is 7.68. The molecule has 4 rings (SSSR count). The normalized spacial score (nSPS) is 24.8. The molecule has 25 heavy (non-hydrogen) atoms. The molecule has 0 radical (unpaired) electrons. The third-order valence-electron chi connectivity index (χ3n) is 5.69. The fourth-order valence-corrected chi connectivity index (χ4v) is 4.47. The molecule has 1 amide bonds. The molecule has 132 valence electrons. The Morgan fingerprint density at radius 3 is 2.68 bits per heavy atom. The highest BCUT2D eigenvalue weighted by atomic mass is 16.3. The van der Waals surface area contributed by atoms with E-state index in [2.05, 4.69) is 21.9 Å². The van der Waals surface area contributed by atoms with Gasteiger partial charge in [0.25, 0.3) is 0 Å².